The Hall–Kier alpha value is -2.63. The molecule has 0 radical (unpaired) electrons. The molecule has 3 rings (SSSR count). The van der Waals surface area contributed by atoms with Crippen molar-refractivity contribution in [1.82, 2.24) is 0 Å². The summed E-state index contributed by atoms with van der Waals surface area (Å²) in [6, 6.07) is 20.7. The molecule has 4 nitrogen and oxygen atoms in total. The molecule has 0 aliphatic carbocycles. The molecule has 3 aromatic rings. The minimum atomic E-state index is -0.285. The predicted octanol–water partition coefficient (Wildman–Crippen LogP) is 5.61. The van der Waals surface area contributed by atoms with Crippen molar-refractivity contribution < 1.29 is 9.59 Å². The summed E-state index contributed by atoms with van der Waals surface area (Å²) in [5, 5.41) is 6.11. The van der Waals surface area contributed by atoms with Crippen molar-refractivity contribution in [2.45, 2.75) is 0 Å². The summed E-state index contributed by atoms with van der Waals surface area (Å²) >= 11 is 9.26. The lowest BCUT2D eigenvalue weighted by Crippen LogP contribution is -2.14. The van der Waals surface area contributed by atoms with E-state index < -0.39 is 0 Å². The molecule has 2 N–H and O–H groups in total. The highest BCUT2D eigenvalue weighted by atomic mass is 79.9. The third-order valence-corrected chi connectivity index (χ3v) is 4.34. The number of benzene rings is 3. The largest absolute Gasteiger partial charge is 0.322 e. The van der Waals surface area contributed by atoms with Crippen molar-refractivity contribution in [2.24, 2.45) is 0 Å². The van der Waals surface area contributed by atoms with Crippen LogP contribution in [0.5, 0.6) is 0 Å². The Morgan fingerprint density at radius 1 is 0.731 bits per heavy atom. The van der Waals surface area contributed by atoms with E-state index in [9.17, 15) is 9.59 Å². The normalized spacial score (nSPS) is 10.2. The molecule has 26 heavy (non-hydrogen) atoms. The fourth-order valence-corrected chi connectivity index (χ4v) is 2.77. The Morgan fingerprint density at radius 2 is 1.31 bits per heavy atom. The third kappa shape index (κ3) is 4.71. The van der Waals surface area contributed by atoms with E-state index in [2.05, 4.69) is 26.6 Å². The van der Waals surface area contributed by atoms with Gasteiger partial charge in [0, 0.05) is 32.0 Å². The summed E-state index contributed by atoms with van der Waals surface area (Å²) < 4.78 is 0.897. The molecule has 0 fully saturated rings. The maximum Gasteiger partial charge on any atom is 0.255 e. The number of halogens is 2. The van der Waals surface area contributed by atoms with Gasteiger partial charge in [-0.15, -0.1) is 0 Å². The van der Waals surface area contributed by atoms with Crippen LogP contribution in [-0.2, 0) is 0 Å². The minimum absolute atomic E-state index is 0.245. The van der Waals surface area contributed by atoms with Gasteiger partial charge in [-0.2, -0.15) is 0 Å². The van der Waals surface area contributed by atoms with Crippen LogP contribution < -0.4 is 10.6 Å². The molecular weight excluding hydrogens is 416 g/mol. The van der Waals surface area contributed by atoms with Crippen molar-refractivity contribution in [2.75, 3.05) is 10.6 Å². The van der Waals surface area contributed by atoms with Gasteiger partial charge < -0.3 is 10.6 Å². The average molecular weight is 430 g/mol. The van der Waals surface area contributed by atoms with E-state index in [4.69, 9.17) is 11.6 Å². The number of hydrogen-bond acceptors (Lipinski definition) is 2. The molecule has 0 heterocycles. The van der Waals surface area contributed by atoms with Crippen LogP contribution in [0.2, 0.25) is 5.02 Å². The first-order valence-electron chi connectivity index (χ1n) is 7.75. The van der Waals surface area contributed by atoms with E-state index in [0.717, 1.165) is 4.47 Å². The van der Waals surface area contributed by atoms with Gasteiger partial charge >= 0.3 is 0 Å². The second-order valence-electron chi connectivity index (χ2n) is 5.51. The molecule has 0 aliphatic rings. The number of hydrogen-bond donors (Lipinski definition) is 2. The molecule has 0 bridgehead atoms. The second-order valence-corrected chi connectivity index (χ2v) is 6.86. The highest BCUT2D eigenvalue weighted by Gasteiger charge is 2.10. The quantitative estimate of drug-likeness (QED) is 0.566. The number of rotatable bonds is 4. The van der Waals surface area contributed by atoms with Crippen LogP contribution in [0.4, 0.5) is 11.4 Å². The zero-order chi connectivity index (χ0) is 18.5. The van der Waals surface area contributed by atoms with E-state index in [0.29, 0.717) is 27.5 Å². The van der Waals surface area contributed by atoms with E-state index >= 15 is 0 Å². The first-order chi connectivity index (χ1) is 12.5. The Morgan fingerprint density at radius 3 is 1.96 bits per heavy atom. The number of carbonyl (C=O) groups is 2. The summed E-state index contributed by atoms with van der Waals surface area (Å²) in [5.41, 5.74) is 2.10. The van der Waals surface area contributed by atoms with Gasteiger partial charge in [-0.1, -0.05) is 39.7 Å². The molecule has 0 unspecified atom stereocenters. The second kappa shape index (κ2) is 8.17. The van der Waals surface area contributed by atoms with Crippen LogP contribution in [0, 0.1) is 0 Å². The monoisotopic (exact) mass is 428 g/mol. The van der Waals surface area contributed by atoms with Gasteiger partial charge in [0.05, 0.1) is 0 Å². The Labute approximate surface area is 164 Å². The zero-order valence-electron chi connectivity index (χ0n) is 13.5. The Balaban J connectivity index is 1.72. The fraction of sp³-hybridized carbons (Fsp3) is 0. The molecular formula is C20H14BrClN2O2. The van der Waals surface area contributed by atoms with E-state index in [1.165, 1.54) is 0 Å². The van der Waals surface area contributed by atoms with E-state index in [-0.39, 0.29) is 11.8 Å². The highest BCUT2D eigenvalue weighted by molar-refractivity contribution is 9.10. The number of anilines is 2. The molecule has 0 atom stereocenters. The van der Waals surface area contributed by atoms with Gasteiger partial charge in [0.2, 0.25) is 0 Å². The summed E-state index contributed by atoms with van der Waals surface area (Å²) in [6.45, 7) is 0. The van der Waals surface area contributed by atoms with Gasteiger partial charge in [0.25, 0.3) is 11.8 Å². The van der Waals surface area contributed by atoms with Crippen LogP contribution in [0.25, 0.3) is 0 Å². The lowest BCUT2D eigenvalue weighted by atomic mass is 10.1. The van der Waals surface area contributed by atoms with Crippen molar-refractivity contribution in [3.05, 3.63) is 93.4 Å². The molecule has 0 aromatic heterocycles. The number of carbonyl (C=O) groups excluding carboxylic acids is 2. The smallest absolute Gasteiger partial charge is 0.255 e. The topological polar surface area (TPSA) is 58.2 Å². The standard InChI is InChI=1S/C20H14BrClN2O2/c21-15-9-7-13(8-10-15)19(25)23-17-5-1-3-14(11-17)20(26)24-18-6-2-4-16(22)12-18/h1-12H,(H,23,25)(H,24,26). The molecule has 6 heteroatoms. The molecule has 0 spiro atoms. The van der Waals surface area contributed by atoms with Gasteiger partial charge in [-0.25, -0.2) is 0 Å². The lowest BCUT2D eigenvalue weighted by molar-refractivity contribution is 0.101. The summed E-state index contributed by atoms with van der Waals surface area (Å²) in [4.78, 5) is 24.7. The third-order valence-electron chi connectivity index (χ3n) is 3.57. The van der Waals surface area contributed by atoms with Gasteiger partial charge in [-0.3, -0.25) is 9.59 Å². The van der Waals surface area contributed by atoms with Gasteiger partial charge in [-0.05, 0) is 60.7 Å². The number of amides is 2. The lowest BCUT2D eigenvalue weighted by Gasteiger charge is -2.09. The summed E-state index contributed by atoms with van der Waals surface area (Å²) in [5.74, 6) is -0.531. The maximum absolute atomic E-state index is 12.4. The van der Waals surface area contributed by atoms with Crippen LogP contribution >= 0.6 is 27.5 Å². The van der Waals surface area contributed by atoms with Gasteiger partial charge in [0.15, 0.2) is 0 Å². The molecule has 0 aliphatic heterocycles. The first-order valence-corrected chi connectivity index (χ1v) is 8.92. The van der Waals surface area contributed by atoms with Crippen LogP contribution in [0.1, 0.15) is 20.7 Å². The Kier molecular flexibility index (Phi) is 5.71. The van der Waals surface area contributed by atoms with Crippen LogP contribution in [-0.4, -0.2) is 11.8 Å². The summed E-state index contributed by atoms with van der Waals surface area (Å²) in [7, 11) is 0. The fourth-order valence-electron chi connectivity index (χ4n) is 2.31. The predicted molar refractivity (Wildman–Crippen MR) is 108 cm³/mol. The molecule has 0 saturated carbocycles. The van der Waals surface area contributed by atoms with Crippen LogP contribution in [0.3, 0.4) is 0 Å². The summed E-state index contributed by atoms with van der Waals surface area (Å²) in [6.07, 6.45) is 0. The zero-order valence-corrected chi connectivity index (χ0v) is 15.8. The molecule has 0 saturated heterocycles. The van der Waals surface area contributed by atoms with Crippen molar-refractivity contribution >= 4 is 50.7 Å². The van der Waals surface area contributed by atoms with Gasteiger partial charge in [0.1, 0.15) is 0 Å². The first kappa shape index (κ1) is 18.2. The highest BCUT2D eigenvalue weighted by Crippen LogP contribution is 2.18. The van der Waals surface area contributed by atoms with Crippen LogP contribution in [0.15, 0.2) is 77.3 Å². The van der Waals surface area contributed by atoms with E-state index in [1.807, 2.05) is 0 Å². The molecule has 2 amide bonds. The SMILES string of the molecule is O=C(Nc1cccc(C(=O)Nc2cccc(Cl)c2)c1)c1ccc(Br)cc1. The van der Waals surface area contributed by atoms with Crippen molar-refractivity contribution in [1.29, 1.82) is 0 Å². The molecule has 3 aromatic carbocycles. The average Bonchev–Trinajstić information content (AvgIpc) is 2.62. The van der Waals surface area contributed by atoms with E-state index in [1.54, 1.807) is 72.8 Å². The number of nitrogens with one attached hydrogen (secondary N) is 2. The van der Waals surface area contributed by atoms with Crippen molar-refractivity contribution in [3.63, 3.8) is 0 Å². The maximum atomic E-state index is 12.4. The Bertz CT molecular complexity index is 958. The molecule has 130 valence electrons. The minimum Gasteiger partial charge on any atom is -0.322 e. The van der Waals surface area contributed by atoms with Crippen molar-refractivity contribution in [3.8, 4) is 0 Å².